The van der Waals surface area contributed by atoms with Crippen molar-refractivity contribution >= 4 is 11.2 Å². The van der Waals surface area contributed by atoms with Gasteiger partial charge in [0, 0.05) is 11.7 Å². The number of hydrogen-bond acceptors (Lipinski definition) is 2. The first kappa shape index (κ1) is 10.5. The number of rotatable bonds is 0. The second kappa shape index (κ2) is 3.26. The van der Waals surface area contributed by atoms with Crippen molar-refractivity contribution in [2.24, 2.45) is 0 Å². The van der Waals surface area contributed by atoms with Crippen LogP contribution in [0.4, 0.5) is 18.9 Å². The van der Waals surface area contributed by atoms with Gasteiger partial charge in [-0.25, -0.2) is 0 Å². The average Bonchev–Trinajstić information content (AvgIpc) is 2.22. The summed E-state index contributed by atoms with van der Waals surface area (Å²) in [5, 5.41) is 0. The van der Waals surface area contributed by atoms with E-state index in [4.69, 9.17) is 5.73 Å². The molecule has 2 N–H and O–H groups in total. The third-order valence-electron chi connectivity index (χ3n) is 2.21. The van der Waals surface area contributed by atoms with Crippen LogP contribution in [0.25, 0.3) is 5.52 Å². The van der Waals surface area contributed by atoms with Crippen LogP contribution < -0.4 is 11.3 Å². The van der Waals surface area contributed by atoms with Gasteiger partial charge < -0.3 is 5.73 Å². The Morgan fingerprint density at radius 3 is 2.50 bits per heavy atom. The van der Waals surface area contributed by atoms with Crippen molar-refractivity contribution < 1.29 is 13.2 Å². The van der Waals surface area contributed by atoms with Gasteiger partial charge in [0.2, 0.25) is 0 Å². The average molecular weight is 228 g/mol. The Balaban J connectivity index is 2.75. The van der Waals surface area contributed by atoms with Crippen molar-refractivity contribution in [2.45, 2.75) is 6.18 Å². The summed E-state index contributed by atoms with van der Waals surface area (Å²) in [6, 6.07) is 4.40. The second-order valence-electron chi connectivity index (χ2n) is 3.30. The highest BCUT2D eigenvalue weighted by molar-refractivity contribution is 5.54. The van der Waals surface area contributed by atoms with Crippen LogP contribution in [0.2, 0.25) is 0 Å². The molecule has 0 radical (unpaired) electrons. The molecule has 2 rings (SSSR count). The molecule has 0 bridgehead atoms. The van der Waals surface area contributed by atoms with Crippen molar-refractivity contribution in [3.8, 4) is 0 Å². The number of nitrogen functional groups attached to an aromatic ring is 1. The molecule has 0 aliphatic heterocycles. The van der Waals surface area contributed by atoms with Gasteiger partial charge in [-0.3, -0.25) is 9.20 Å². The molecule has 0 aliphatic carbocycles. The van der Waals surface area contributed by atoms with Gasteiger partial charge in [0.05, 0.1) is 11.3 Å². The van der Waals surface area contributed by atoms with Gasteiger partial charge >= 0.3 is 6.18 Å². The molecular formula is C10H7F3N2O. The topological polar surface area (TPSA) is 47.5 Å². The first-order valence-corrected chi connectivity index (χ1v) is 4.38. The quantitative estimate of drug-likeness (QED) is 0.748. The molecule has 2 aromatic heterocycles. The summed E-state index contributed by atoms with van der Waals surface area (Å²) < 4.78 is 38.2. The molecule has 0 atom stereocenters. The Morgan fingerprint density at radius 1 is 1.19 bits per heavy atom. The number of nitrogens with two attached hydrogens (primary N) is 1. The maximum Gasteiger partial charge on any atom is 0.416 e. The van der Waals surface area contributed by atoms with Crippen molar-refractivity contribution in [3.63, 3.8) is 0 Å². The SMILES string of the molecule is Nc1ccc2cc(C(F)(F)F)ccn2c1=O. The Hall–Kier alpha value is -1.98. The number of aromatic nitrogens is 1. The number of halogens is 3. The minimum absolute atomic E-state index is 0.00254. The largest absolute Gasteiger partial charge is 0.416 e. The van der Waals surface area contributed by atoms with Crippen LogP contribution in [0.3, 0.4) is 0 Å². The predicted octanol–water partition coefficient (Wildman–Crippen LogP) is 1.90. The molecule has 0 aromatic carbocycles. The van der Waals surface area contributed by atoms with Crippen molar-refractivity contribution in [1.29, 1.82) is 0 Å². The highest BCUT2D eigenvalue weighted by Gasteiger charge is 2.30. The zero-order valence-corrected chi connectivity index (χ0v) is 7.95. The number of nitrogens with zero attached hydrogens (tertiary/aromatic N) is 1. The third-order valence-corrected chi connectivity index (χ3v) is 2.21. The van der Waals surface area contributed by atoms with Gasteiger partial charge in [0.25, 0.3) is 5.56 Å². The Labute approximate surface area is 87.9 Å². The normalized spacial score (nSPS) is 11.9. The van der Waals surface area contributed by atoms with Gasteiger partial charge in [0.15, 0.2) is 0 Å². The van der Waals surface area contributed by atoms with Crippen LogP contribution in [0.5, 0.6) is 0 Å². The van der Waals surface area contributed by atoms with Gasteiger partial charge in [0.1, 0.15) is 0 Å². The molecule has 6 heteroatoms. The van der Waals surface area contributed by atoms with Crippen LogP contribution in [0, 0.1) is 0 Å². The molecule has 0 fully saturated rings. The maximum atomic E-state index is 12.4. The maximum absolute atomic E-state index is 12.4. The van der Waals surface area contributed by atoms with E-state index in [1.807, 2.05) is 0 Å². The van der Waals surface area contributed by atoms with E-state index < -0.39 is 17.3 Å². The first-order chi connectivity index (χ1) is 7.39. The molecule has 0 aliphatic rings. The van der Waals surface area contributed by atoms with Crippen LogP contribution in [0.15, 0.2) is 35.3 Å². The smallest absolute Gasteiger partial charge is 0.394 e. The fourth-order valence-electron chi connectivity index (χ4n) is 1.39. The van der Waals surface area contributed by atoms with Crippen molar-refractivity contribution in [1.82, 2.24) is 4.40 Å². The zero-order valence-electron chi connectivity index (χ0n) is 7.95. The highest BCUT2D eigenvalue weighted by atomic mass is 19.4. The summed E-state index contributed by atoms with van der Waals surface area (Å²) in [7, 11) is 0. The highest BCUT2D eigenvalue weighted by Crippen LogP contribution is 2.29. The van der Waals surface area contributed by atoms with E-state index in [-0.39, 0.29) is 11.2 Å². The Kier molecular flexibility index (Phi) is 2.15. The van der Waals surface area contributed by atoms with Crippen LogP contribution in [-0.4, -0.2) is 4.40 Å². The number of fused-ring (bicyclic) bond motifs is 1. The minimum atomic E-state index is -4.42. The van der Waals surface area contributed by atoms with E-state index in [0.29, 0.717) is 0 Å². The van der Waals surface area contributed by atoms with Gasteiger partial charge in [-0.15, -0.1) is 0 Å². The molecule has 3 nitrogen and oxygen atoms in total. The third kappa shape index (κ3) is 1.62. The van der Waals surface area contributed by atoms with Crippen LogP contribution >= 0.6 is 0 Å². The molecule has 0 saturated heterocycles. The molecular weight excluding hydrogens is 221 g/mol. The van der Waals surface area contributed by atoms with E-state index in [1.54, 1.807) is 0 Å². The summed E-state index contributed by atoms with van der Waals surface area (Å²) in [5.74, 6) is 0. The fraction of sp³-hybridized carbons (Fsp3) is 0.100. The lowest BCUT2D eigenvalue weighted by atomic mass is 10.2. The van der Waals surface area contributed by atoms with Crippen molar-refractivity contribution in [2.75, 3.05) is 5.73 Å². The number of alkyl halides is 3. The summed E-state index contributed by atoms with van der Waals surface area (Å²) in [4.78, 5) is 11.4. The molecule has 2 heterocycles. The Morgan fingerprint density at radius 2 is 1.88 bits per heavy atom. The van der Waals surface area contributed by atoms with E-state index >= 15 is 0 Å². The minimum Gasteiger partial charge on any atom is -0.394 e. The molecule has 0 unspecified atom stereocenters. The van der Waals surface area contributed by atoms with Gasteiger partial charge in [-0.2, -0.15) is 13.2 Å². The lowest BCUT2D eigenvalue weighted by molar-refractivity contribution is -0.137. The number of hydrogen-bond donors (Lipinski definition) is 1. The van der Waals surface area contributed by atoms with Crippen LogP contribution in [0.1, 0.15) is 5.56 Å². The molecule has 84 valence electrons. The molecule has 16 heavy (non-hydrogen) atoms. The lowest BCUT2D eigenvalue weighted by Crippen LogP contribution is -2.17. The zero-order chi connectivity index (χ0) is 11.9. The number of pyridine rings is 2. The molecule has 0 spiro atoms. The van der Waals surface area contributed by atoms with Gasteiger partial charge in [-0.1, -0.05) is 0 Å². The predicted molar refractivity (Wildman–Crippen MR) is 53.1 cm³/mol. The summed E-state index contributed by atoms with van der Waals surface area (Å²) in [6.45, 7) is 0. The second-order valence-corrected chi connectivity index (χ2v) is 3.30. The fourth-order valence-corrected chi connectivity index (χ4v) is 1.39. The molecule has 0 amide bonds. The summed E-state index contributed by atoms with van der Waals surface area (Å²) in [6.07, 6.45) is -3.35. The standard InChI is InChI=1S/C10H7F3N2O/c11-10(12,13)6-3-4-15-7(5-6)1-2-8(14)9(15)16/h1-5H,14H2. The van der Waals surface area contributed by atoms with Crippen molar-refractivity contribution in [3.05, 3.63) is 46.4 Å². The monoisotopic (exact) mass is 228 g/mol. The van der Waals surface area contributed by atoms with Gasteiger partial charge in [-0.05, 0) is 24.3 Å². The van der Waals surface area contributed by atoms with Crippen LogP contribution in [-0.2, 0) is 6.18 Å². The number of anilines is 1. The molecule has 2 aromatic rings. The summed E-state index contributed by atoms with van der Waals surface area (Å²) in [5.41, 5.74) is 4.20. The molecule has 0 saturated carbocycles. The summed E-state index contributed by atoms with van der Waals surface area (Å²) >= 11 is 0. The van der Waals surface area contributed by atoms with E-state index in [9.17, 15) is 18.0 Å². The van der Waals surface area contributed by atoms with E-state index in [0.717, 1.165) is 22.7 Å². The van der Waals surface area contributed by atoms with E-state index in [1.165, 1.54) is 12.1 Å². The Bertz CT molecular complexity index is 601. The van der Waals surface area contributed by atoms with E-state index in [2.05, 4.69) is 0 Å². The lowest BCUT2D eigenvalue weighted by Gasteiger charge is -2.08. The first-order valence-electron chi connectivity index (χ1n) is 4.38.